The zero-order valence-corrected chi connectivity index (χ0v) is 66.9. The maximum Gasteiger partial charge on any atom is 0.135 e. The van der Waals surface area contributed by atoms with Gasteiger partial charge in [-0.15, -0.1) is 0 Å². The average molecular weight is 1320 g/mol. The van der Waals surface area contributed by atoms with Crippen molar-refractivity contribution in [3.8, 4) is 0 Å². The van der Waals surface area contributed by atoms with E-state index in [1.165, 1.54) is 360 Å². The Morgan fingerprint density at radius 2 is 0.340 bits per heavy atom. The van der Waals surface area contributed by atoms with Gasteiger partial charge in [-0.3, -0.25) is 19.2 Å². The standard InChI is InChI=1S/C46H90O2.C44H86O2/c1-7-9-11-13-17-23-29-35-43(37-31-25-19-15-21-27-33-39-45(47)41(3)4)44(36-30-24-18-14-12-10-8-2)38-32-26-20-16-22-28-34-40-46(48)42(5)6;1-7-9-11-13-15-19-25-31-41(33-27-21-17-23-29-35-43(45)37-39(3)4)42(32-26-20-16-14-12-10-8-2)34-28-22-18-24-30-36-44(46)38-40(5)6/h41-44H,7-40H2,1-6H3;39-42H,7-38H2,1-6H3. The number of Topliss-reactive ketones (excluding diaryl/α,β-unsaturated/α-hetero) is 4. The zero-order chi connectivity index (χ0) is 69.6. The van der Waals surface area contributed by atoms with Crippen molar-refractivity contribution in [2.45, 2.75) is 507 Å². The minimum Gasteiger partial charge on any atom is -0.300 e. The van der Waals surface area contributed by atoms with E-state index in [0.717, 1.165) is 87.9 Å². The topological polar surface area (TPSA) is 68.3 Å². The smallest absolute Gasteiger partial charge is 0.135 e. The molecule has 0 spiro atoms. The monoisotopic (exact) mass is 1320 g/mol. The fourth-order valence-corrected chi connectivity index (χ4v) is 15.3. The van der Waals surface area contributed by atoms with Crippen LogP contribution in [0.1, 0.15) is 507 Å². The molecule has 4 nitrogen and oxygen atoms in total. The van der Waals surface area contributed by atoms with E-state index in [9.17, 15) is 19.2 Å². The van der Waals surface area contributed by atoms with Gasteiger partial charge < -0.3 is 0 Å². The second-order valence-corrected chi connectivity index (χ2v) is 32.8. The minimum absolute atomic E-state index is 0.205. The van der Waals surface area contributed by atoms with Crippen LogP contribution in [0.4, 0.5) is 0 Å². The van der Waals surface area contributed by atoms with Gasteiger partial charge >= 0.3 is 0 Å². The molecule has 0 radical (unpaired) electrons. The van der Waals surface area contributed by atoms with Crippen molar-refractivity contribution in [1.29, 1.82) is 0 Å². The Morgan fingerprint density at radius 3 is 0.500 bits per heavy atom. The molecular formula is C90H176O4. The molecule has 0 bridgehead atoms. The maximum atomic E-state index is 12.1. The van der Waals surface area contributed by atoms with E-state index in [4.69, 9.17) is 0 Å². The quantitative estimate of drug-likeness (QED) is 0.0569. The van der Waals surface area contributed by atoms with Crippen molar-refractivity contribution in [3.05, 3.63) is 0 Å². The second kappa shape index (κ2) is 74.4. The van der Waals surface area contributed by atoms with Crippen LogP contribution < -0.4 is 0 Å². The molecular weight excluding hydrogens is 1140 g/mol. The van der Waals surface area contributed by atoms with Crippen molar-refractivity contribution in [1.82, 2.24) is 0 Å². The van der Waals surface area contributed by atoms with E-state index >= 15 is 0 Å². The molecule has 0 heterocycles. The van der Waals surface area contributed by atoms with Crippen molar-refractivity contribution >= 4 is 23.1 Å². The molecule has 0 aliphatic carbocycles. The summed E-state index contributed by atoms with van der Waals surface area (Å²) in [6.45, 7) is 26.0. The third-order valence-electron chi connectivity index (χ3n) is 21.7. The van der Waals surface area contributed by atoms with Gasteiger partial charge in [0.25, 0.3) is 0 Å². The van der Waals surface area contributed by atoms with Crippen LogP contribution in [-0.2, 0) is 19.2 Å². The Hall–Kier alpha value is -1.32. The van der Waals surface area contributed by atoms with Crippen molar-refractivity contribution in [3.63, 3.8) is 0 Å². The van der Waals surface area contributed by atoms with E-state index in [1.807, 2.05) is 27.7 Å². The second-order valence-electron chi connectivity index (χ2n) is 32.8. The van der Waals surface area contributed by atoms with Crippen LogP contribution in [0.25, 0.3) is 0 Å². The molecule has 4 heteroatoms. The van der Waals surface area contributed by atoms with Crippen molar-refractivity contribution in [2.24, 2.45) is 47.3 Å². The third-order valence-corrected chi connectivity index (χ3v) is 21.7. The highest BCUT2D eigenvalue weighted by molar-refractivity contribution is 5.80. The lowest BCUT2D eigenvalue weighted by atomic mass is 9.78. The first-order valence-electron chi connectivity index (χ1n) is 43.7. The molecule has 0 aliphatic heterocycles. The van der Waals surface area contributed by atoms with E-state index in [1.54, 1.807) is 0 Å². The summed E-state index contributed by atoms with van der Waals surface area (Å²) < 4.78 is 0. The molecule has 0 saturated carbocycles. The Morgan fingerprint density at radius 1 is 0.191 bits per heavy atom. The van der Waals surface area contributed by atoms with Crippen LogP contribution in [0.2, 0.25) is 0 Å². The number of carbonyl (C=O) groups is 4. The van der Waals surface area contributed by atoms with Crippen molar-refractivity contribution < 1.29 is 19.2 Å². The summed E-state index contributed by atoms with van der Waals surface area (Å²) in [6, 6.07) is 0. The van der Waals surface area contributed by atoms with Gasteiger partial charge in [0.05, 0.1) is 0 Å². The molecule has 0 aromatic carbocycles. The Kier molecular flexibility index (Phi) is 75.0. The maximum absolute atomic E-state index is 12.1. The highest BCUT2D eigenvalue weighted by atomic mass is 16.1. The van der Waals surface area contributed by atoms with Crippen LogP contribution >= 0.6 is 0 Å². The fourth-order valence-electron chi connectivity index (χ4n) is 15.3. The summed E-state index contributed by atoms with van der Waals surface area (Å²) in [5, 5.41) is 0. The molecule has 4 atom stereocenters. The number of unbranched alkanes of at least 4 members (excludes halogenated alkanes) is 44. The summed E-state index contributed by atoms with van der Waals surface area (Å²) in [6.07, 6.45) is 87.4. The van der Waals surface area contributed by atoms with E-state index in [0.29, 0.717) is 35.0 Å². The predicted molar refractivity (Wildman–Crippen MR) is 421 cm³/mol. The van der Waals surface area contributed by atoms with Gasteiger partial charge in [-0.2, -0.15) is 0 Å². The van der Waals surface area contributed by atoms with Crippen LogP contribution in [0.15, 0.2) is 0 Å². The van der Waals surface area contributed by atoms with Gasteiger partial charge in [0.2, 0.25) is 0 Å². The van der Waals surface area contributed by atoms with Crippen LogP contribution in [-0.4, -0.2) is 23.1 Å². The first-order chi connectivity index (χ1) is 45.6. The number of ketones is 4. The normalized spacial score (nSPS) is 13.1. The number of carbonyl (C=O) groups excluding carboxylic acids is 4. The molecule has 0 N–H and O–H groups in total. The molecule has 0 rings (SSSR count). The lowest BCUT2D eigenvalue weighted by Gasteiger charge is -2.28. The molecule has 560 valence electrons. The summed E-state index contributed by atoms with van der Waals surface area (Å²) in [7, 11) is 0. The first kappa shape index (κ1) is 94.7. The Labute approximate surface area is 593 Å². The fraction of sp³-hybridized carbons (Fsp3) is 0.956. The first-order valence-corrected chi connectivity index (χ1v) is 43.7. The van der Waals surface area contributed by atoms with Gasteiger partial charge in [-0.25, -0.2) is 0 Å². The van der Waals surface area contributed by atoms with Gasteiger partial charge in [0.15, 0.2) is 0 Å². The molecule has 94 heavy (non-hydrogen) atoms. The number of hydrogen-bond acceptors (Lipinski definition) is 4. The van der Waals surface area contributed by atoms with E-state index < -0.39 is 0 Å². The largest absolute Gasteiger partial charge is 0.300 e. The number of rotatable bonds is 76. The molecule has 0 amide bonds. The van der Waals surface area contributed by atoms with Gasteiger partial charge in [0, 0.05) is 50.4 Å². The van der Waals surface area contributed by atoms with Crippen LogP contribution in [0.3, 0.4) is 0 Å². The minimum atomic E-state index is 0.205. The van der Waals surface area contributed by atoms with Crippen LogP contribution in [0, 0.1) is 47.3 Å². The van der Waals surface area contributed by atoms with E-state index in [-0.39, 0.29) is 11.8 Å². The summed E-state index contributed by atoms with van der Waals surface area (Å²) in [5.74, 6) is 6.96. The molecule has 0 aliphatic rings. The van der Waals surface area contributed by atoms with Crippen molar-refractivity contribution in [2.75, 3.05) is 0 Å². The molecule has 0 fully saturated rings. The molecule has 0 saturated heterocycles. The van der Waals surface area contributed by atoms with E-state index in [2.05, 4.69) is 55.4 Å². The van der Waals surface area contributed by atoms with Gasteiger partial charge in [0.1, 0.15) is 23.1 Å². The summed E-state index contributed by atoms with van der Waals surface area (Å²) >= 11 is 0. The lowest BCUT2D eigenvalue weighted by Crippen LogP contribution is -2.16. The lowest BCUT2D eigenvalue weighted by molar-refractivity contribution is -0.122. The highest BCUT2D eigenvalue weighted by Gasteiger charge is 2.23. The predicted octanol–water partition coefficient (Wildman–Crippen LogP) is 31.2. The average Bonchev–Trinajstić information content (AvgIpc) is 1.61. The SMILES string of the molecule is CCCCCCCCCC(CCCCCCCC(=O)CC(C)C)C(CCCCCCCCC)CCCCCCCC(=O)CC(C)C.CCCCCCCCCC(CCCCCCCCCC(=O)C(C)C)C(CCCCCCCCC)CCCCCCCCCC(=O)C(C)C. The van der Waals surface area contributed by atoms with Gasteiger partial charge in [-0.05, 0) is 61.2 Å². The summed E-state index contributed by atoms with van der Waals surface area (Å²) in [5.41, 5.74) is 0. The molecule has 0 aromatic heterocycles. The molecule has 4 unspecified atom stereocenters. The Bertz CT molecular complexity index is 1440. The Balaban J connectivity index is 0. The molecule has 0 aromatic rings. The van der Waals surface area contributed by atoms with Crippen LogP contribution in [0.5, 0.6) is 0 Å². The highest BCUT2D eigenvalue weighted by Crippen LogP contribution is 2.36. The third kappa shape index (κ3) is 69.2. The number of hydrogen-bond donors (Lipinski definition) is 0. The van der Waals surface area contributed by atoms with Gasteiger partial charge in [-0.1, -0.05) is 443 Å². The zero-order valence-electron chi connectivity index (χ0n) is 66.9. The summed E-state index contributed by atoms with van der Waals surface area (Å²) in [4.78, 5) is 48.0.